The highest BCUT2D eigenvalue weighted by Crippen LogP contribution is 2.33. The average Bonchev–Trinajstić information content (AvgIpc) is 3.08. The molecule has 1 amide bonds. The van der Waals surface area contributed by atoms with Crippen molar-refractivity contribution in [3.63, 3.8) is 0 Å². The van der Waals surface area contributed by atoms with Gasteiger partial charge in [0, 0.05) is 6.20 Å². The van der Waals surface area contributed by atoms with Gasteiger partial charge >= 0.3 is 6.18 Å². The summed E-state index contributed by atoms with van der Waals surface area (Å²) in [4.78, 5) is 12.5. The standard InChI is InChI=1S/C19H17ClF4N4OS/c1-10(2)16(11-3-5-13(21)6-4-11)25-15(29)9-30-18-27-26-17-14(20)7-12(8-28(17)18)19(22,23)24/h3-8,10,16H,9H2,1-2H3,(H,25,29). The molecule has 0 aliphatic carbocycles. The topological polar surface area (TPSA) is 59.3 Å². The van der Waals surface area contributed by atoms with E-state index in [0.717, 1.165) is 34.0 Å². The quantitative estimate of drug-likeness (QED) is 0.408. The van der Waals surface area contributed by atoms with Crippen LogP contribution in [-0.2, 0) is 11.0 Å². The van der Waals surface area contributed by atoms with Gasteiger partial charge in [-0.25, -0.2) is 4.39 Å². The van der Waals surface area contributed by atoms with Gasteiger partial charge in [0.1, 0.15) is 5.82 Å². The third kappa shape index (κ3) is 5.04. The monoisotopic (exact) mass is 460 g/mol. The summed E-state index contributed by atoms with van der Waals surface area (Å²) in [6, 6.07) is 6.26. The summed E-state index contributed by atoms with van der Waals surface area (Å²) >= 11 is 6.82. The molecule has 160 valence electrons. The SMILES string of the molecule is CC(C)C(NC(=O)CSc1nnc2c(Cl)cc(C(F)(F)F)cn12)c1ccc(F)cc1. The van der Waals surface area contributed by atoms with E-state index < -0.39 is 11.7 Å². The highest BCUT2D eigenvalue weighted by atomic mass is 35.5. The second-order valence-corrected chi connectivity index (χ2v) is 8.23. The minimum Gasteiger partial charge on any atom is -0.348 e. The molecule has 3 aromatic rings. The van der Waals surface area contributed by atoms with Gasteiger partial charge in [-0.2, -0.15) is 13.2 Å². The van der Waals surface area contributed by atoms with Gasteiger partial charge in [0.2, 0.25) is 5.91 Å². The van der Waals surface area contributed by atoms with Crippen LogP contribution >= 0.6 is 23.4 Å². The smallest absolute Gasteiger partial charge is 0.348 e. The largest absolute Gasteiger partial charge is 0.417 e. The van der Waals surface area contributed by atoms with Crippen LogP contribution in [-0.4, -0.2) is 26.3 Å². The van der Waals surface area contributed by atoms with E-state index in [4.69, 9.17) is 11.6 Å². The second kappa shape index (κ2) is 8.81. The number of rotatable bonds is 6. The molecule has 0 spiro atoms. The molecule has 0 fully saturated rings. The molecule has 0 aliphatic heterocycles. The molecule has 1 unspecified atom stereocenters. The molecular weight excluding hydrogens is 444 g/mol. The van der Waals surface area contributed by atoms with Crippen LogP contribution in [0.25, 0.3) is 5.65 Å². The number of fused-ring (bicyclic) bond motifs is 1. The Balaban J connectivity index is 1.74. The van der Waals surface area contributed by atoms with Gasteiger partial charge < -0.3 is 5.32 Å². The molecule has 0 saturated heterocycles. The summed E-state index contributed by atoms with van der Waals surface area (Å²) in [6.45, 7) is 3.82. The first-order chi connectivity index (χ1) is 14.1. The number of nitrogens with zero attached hydrogens (tertiary/aromatic N) is 3. The minimum absolute atomic E-state index is 0.0338. The van der Waals surface area contributed by atoms with Crippen LogP contribution in [0.4, 0.5) is 17.6 Å². The van der Waals surface area contributed by atoms with E-state index in [2.05, 4.69) is 15.5 Å². The third-order valence-corrected chi connectivity index (χ3v) is 5.52. The number of carbonyl (C=O) groups is 1. The lowest BCUT2D eigenvalue weighted by atomic mass is 9.96. The van der Waals surface area contributed by atoms with E-state index in [1.54, 1.807) is 12.1 Å². The van der Waals surface area contributed by atoms with E-state index in [1.165, 1.54) is 12.1 Å². The molecule has 1 atom stereocenters. The van der Waals surface area contributed by atoms with Crippen molar-refractivity contribution in [1.29, 1.82) is 0 Å². The molecule has 2 heterocycles. The maximum absolute atomic E-state index is 13.2. The molecule has 5 nitrogen and oxygen atoms in total. The lowest BCUT2D eigenvalue weighted by Gasteiger charge is -2.22. The zero-order valence-corrected chi connectivity index (χ0v) is 17.4. The minimum atomic E-state index is -4.58. The first kappa shape index (κ1) is 22.4. The number of carbonyl (C=O) groups excluding carboxylic acids is 1. The molecule has 2 aromatic heterocycles. The number of hydrogen-bond donors (Lipinski definition) is 1. The number of hydrogen-bond acceptors (Lipinski definition) is 4. The van der Waals surface area contributed by atoms with Crippen molar-refractivity contribution in [3.05, 3.63) is 58.5 Å². The Morgan fingerprint density at radius 1 is 1.23 bits per heavy atom. The van der Waals surface area contributed by atoms with Gasteiger partial charge in [0.15, 0.2) is 10.8 Å². The number of nitrogens with one attached hydrogen (secondary N) is 1. The number of halogens is 5. The fraction of sp³-hybridized carbons (Fsp3) is 0.316. The van der Waals surface area contributed by atoms with Crippen LogP contribution < -0.4 is 5.32 Å². The van der Waals surface area contributed by atoms with E-state index >= 15 is 0 Å². The molecule has 0 radical (unpaired) electrons. The first-order valence-corrected chi connectivity index (χ1v) is 10.2. The Kier molecular flexibility index (Phi) is 6.56. The normalized spacial score (nSPS) is 13.1. The summed E-state index contributed by atoms with van der Waals surface area (Å²) in [6.07, 6.45) is -3.74. The van der Waals surface area contributed by atoms with Crippen molar-refractivity contribution in [2.75, 3.05) is 5.75 Å². The zero-order valence-electron chi connectivity index (χ0n) is 15.9. The van der Waals surface area contributed by atoms with Crippen molar-refractivity contribution < 1.29 is 22.4 Å². The predicted octanol–water partition coefficient (Wildman–Crippen LogP) is 5.15. The highest BCUT2D eigenvalue weighted by Gasteiger charge is 2.32. The summed E-state index contributed by atoms with van der Waals surface area (Å²) in [5, 5.41) is 10.4. The Labute approximate surface area is 178 Å². The Morgan fingerprint density at radius 3 is 2.50 bits per heavy atom. The maximum atomic E-state index is 13.2. The highest BCUT2D eigenvalue weighted by molar-refractivity contribution is 7.99. The van der Waals surface area contributed by atoms with E-state index in [-0.39, 0.29) is 45.3 Å². The predicted molar refractivity (Wildman–Crippen MR) is 106 cm³/mol. The molecule has 0 bridgehead atoms. The average molecular weight is 461 g/mol. The molecule has 1 N–H and O–H groups in total. The number of amides is 1. The number of benzene rings is 1. The van der Waals surface area contributed by atoms with Crippen molar-refractivity contribution in [1.82, 2.24) is 19.9 Å². The van der Waals surface area contributed by atoms with Crippen LogP contribution in [0.15, 0.2) is 41.7 Å². The Bertz CT molecular complexity index is 1050. The Hall–Kier alpha value is -2.33. The van der Waals surface area contributed by atoms with Crippen molar-refractivity contribution in [2.24, 2.45) is 5.92 Å². The van der Waals surface area contributed by atoms with Gasteiger partial charge in [0.25, 0.3) is 0 Å². The maximum Gasteiger partial charge on any atom is 0.417 e. The van der Waals surface area contributed by atoms with Gasteiger partial charge in [-0.05, 0) is 29.7 Å². The van der Waals surface area contributed by atoms with Gasteiger partial charge in [0.05, 0.1) is 22.4 Å². The van der Waals surface area contributed by atoms with E-state index in [9.17, 15) is 22.4 Å². The van der Waals surface area contributed by atoms with E-state index in [0.29, 0.717) is 0 Å². The molecule has 1 aromatic carbocycles. The molecule has 0 saturated carbocycles. The van der Waals surface area contributed by atoms with Crippen molar-refractivity contribution >= 4 is 34.9 Å². The zero-order chi connectivity index (χ0) is 22.1. The third-order valence-electron chi connectivity index (χ3n) is 4.30. The molecule has 3 rings (SSSR count). The second-order valence-electron chi connectivity index (χ2n) is 6.88. The molecule has 0 aliphatic rings. The molecule has 30 heavy (non-hydrogen) atoms. The van der Waals surface area contributed by atoms with Crippen LogP contribution in [0, 0.1) is 11.7 Å². The summed E-state index contributed by atoms with van der Waals surface area (Å²) in [5.41, 5.74) is -0.125. The van der Waals surface area contributed by atoms with Gasteiger partial charge in [-0.1, -0.05) is 49.3 Å². The summed E-state index contributed by atoms with van der Waals surface area (Å²) < 4.78 is 53.4. The number of thioether (sulfide) groups is 1. The fourth-order valence-corrected chi connectivity index (χ4v) is 3.80. The summed E-state index contributed by atoms with van der Waals surface area (Å²) in [5.74, 6) is -0.790. The summed E-state index contributed by atoms with van der Waals surface area (Å²) in [7, 11) is 0. The van der Waals surface area contributed by atoms with Crippen LogP contribution in [0.1, 0.15) is 31.0 Å². The lowest BCUT2D eigenvalue weighted by Crippen LogP contribution is -2.33. The lowest BCUT2D eigenvalue weighted by molar-refractivity contribution is -0.137. The van der Waals surface area contributed by atoms with Crippen molar-refractivity contribution in [3.8, 4) is 0 Å². The fourth-order valence-electron chi connectivity index (χ4n) is 2.84. The van der Waals surface area contributed by atoms with Gasteiger partial charge in [-0.3, -0.25) is 9.20 Å². The van der Waals surface area contributed by atoms with Crippen LogP contribution in [0.2, 0.25) is 5.02 Å². The Morgan fingerprint density at radius 2 is 1.90 bits per heavy atom. The van der Waals surface area contributed by atoms with Crippen LogP contribution in [0.5, 0.6) is 0 Å². The molecule has 11 heteroatoms. The molecular formula is C19H17ClF4N4OS. The number of aromatic nitrogens is 3. The van der Waals surface area contributed by atoms with Crippen LogP contribution in [0.3, 0.4) is 0 Å². The number of alkyl halides is 3. The van der Waals surface area contributed by atoms with E-state index in [1.807, 2.05) is 13.8 Å². The van der Waals surface area contributed by atoms with Gasteiger partial charge in [-0.15, -0.1) is 10.2 Å². The van der Waals surface area contributed by atoms with Crippen molar-refractivity contribution in [2.45, 2.75) is 31.2 Å². The number of pyridine rings is 1. The first-order valence-electron chi connectivity index (χ1n) is 8.85.